The Bertz CT molecular complexity index is 269. The van der Waals surface area contributed by atoms with Gasteiger partial charge in [-0.2, -0.15) is 0 Å². The minimum absolute atomic E-state index is 0.410. The van der Waals surface area contributed by atoms with Gasteiger partial charge in [0.15, 0.2) is 0 Å². The van der Waals surface area contributed by atoms with Crippen LogP contribution in [0, 0.1) is 0 Å². The lowest BCUT2D eigenvalue weighted by Gasteiger charge is -2.26. The molecule has 0 saturated heterocycles. The van der Waals surface area contributed by atoms with Gasteiger partial charge in [0.05, 0.1) is 6.04 Å². The molecule has 0 rings (SSSR count). The second-order valence-electron chi connectivity index (χ2n) is 4.32. The molecule has 0 aromatic heterocycles. The van der Waals surface area contributed by atoms with Crippen molar-refractivity contribution in [2.45, 2.75) is 46.6 Å². The third kappa shape index (κ3) is 4.80. The summed E-state index contributed by atoms with van der Waals surface area (Å²) < 4.78 is 0. The number of likely N-dealkylation sites (N-methyl/N-ethyl adjacent to an activating group) is 1. The van der Waals surface area contributed by atoms with Crippen molar-refractivity contribution in [3.05, 3.63) is 35.5 Å². The molecule has 0 aromatic carbocycles. The van der Waals surface area contributed by atoms with E-state index in [2.05, 4.69) is 71.0 Å². The van der Waals surface area contributed by atoms with Crippen LogP contribution < -0.4 is 0 Å². The molecule has 0 aliphatic heterocycles. The van der Waals surface area contributed by atoms with Crippen molar-refractivity contribution < 1.29 is 0 Å². The predicted molar refractivity (Wildman–Crippen MR) is 74.7 cm³/mol. The molecule has 0 aromatic rings. The summed E-state index contributed by atoms with van der Waals surface area (Å²) in [4.78, 5) is 2.27. The Kier molecular flexibility index (Phi) is 7.92. The summed E-state index contributed by atoms with van der Waals surface area (Å²) in [5.74, 6) is 0. The van der Waals surface area contributed by atoms with Crippen LogP contribution in [-0.2, 0) is 0 Å². The molecule has 1 unspecified atom stereocenters. The van der Waals surface area contributed by atoms with Gasteiger partial charge in [-0.3, -0.25) is 4.90 Å². The SMILES string of the molecule is C/C=C(\C=C/CC)C(/C(C)=C/CC)N(C)C. The molecule has 0 bridgehead atoms. The maximum atomic E-state index is 2.31. The fourth-order valence-corrected chi connectivity index (χ4v) is 2.00. The van der Waals surface area contributed by atoms with Crippen molar-refractivity contribution in [1.29, 1.82) is 0 Å². The van der Waals surface area contributed by atoms with Gasteiger partial charge in [0, 0.05) is 0 Å². The van der Waals surface area contributed by atoms with Gasteiger partial charge in [-0.25, -0.2) is 0 Å². The van der Waals surface area contributed by atoms with Crippen LogP contribution in [0.2, 0.25) is 0 Å². The summed E-state index contributed by atoms with van der Waals surface area (Å²) in [6.45, 7) is 8.69. The molecule has 16 heavy (non-hydrogen) atoms. The lowest BCUT2D eigenvalue weighted by Crippen LogP contribution is -2.30. The van der Waals surface area contributed by atoms with E-state index in [9.17, 15) is 0 Å². The van der Waals surface area contributed by atoms with E-state index in [1.807, 2.05) is 0 Å². The Balaban J connectivity index is 5.03. The highest BCUT2D eigenvalue weighted by Gasteiger charge is 2.15. The normalized spacial score (nSPS) is 16.2. The first-order chi connectivity index (χ1) is 7.58. The molecule has 92 valence electrons. The van der Waals surface area contributed by atoms with Crippen LogP contribution in [0.4, 0.5) is 0 Å². The van der Waals surface area contributed by atoms with Crippen LogP contribution in [0.15, 0.2) is 35.5 Å². The highest BCUT2D eigenvalue weighted by atomic mass is 15.1. The first-order valence-electron chi connectivity index (χ1n) is 6.24. The lowest BCUT2D eigenvalue weighted by molar-refractivity contribution is 0.368. The largest absolute Gasteiger partial charge is 0.299 e. The molecule has 0 radical (unpaired) electrons. The Morgan fingerprint density at radius 3 is 2.19 bits per heavy atom. The third-order valence-electron chi connectivity index (χ3n) is 2.67. The summed E-state index contributed by atoms with van der Waals surface area (Å²) in [5, 5.41) is 0. The standard InChI is InChI=1S/C15H27N/c1-7-10-12-14(9-3)15(16(5)6)13(4)11-8-2/h9-12,15H,7-8H2,1-6H3/b12-10-,13-11+,14-9+. The first kappa shape index (κ1) is 15.2. The van der Waals surface area contributed by atoms with Crippen molar-refractivity contribution in [2.24, 2.45) is 0 Å². The highest BCUT2D eigenvalue weighted by Crippen LogP contribution is 2.18. The number of hydrogen-bond acceptors (Lipinski definition) is 1. The average molecular weight is 221 g/mol. The average Bonchev–Trinajstić information content (AvgIpc) is 2.23. The third-order valence-corrected chi connectivity index (χ3v) is 2.67. The molecule has 0 saturated carbocycles. The van der Waals surface area contributed by atoms with Gasteiger partial charge >= 0.3 is 0 Å². The zero-order valence-electron chi connectivity index (χ0n) is 11.7. The van der Waals surface area contributed by atoms with Gasteiger partial charge in [0.1, 0.15) is 0 Å². The molecule has 0 fully saturated rings. The highest BCUT2D eigenvalue weighted by molar-refractivity contribution is 5.32. The van der Waals surface area contributed by atoms with Crippen LogP contribution in [0.1, 0.15) is 40.5 Å². The van der Waals surface area contributed by atoms with Crippen LogP contribution in [0.3, 0.4) is 0 Å². The maximum Gasteiger partial charge on any atom is 0.0550 e. The monoisotopic (exact) mass is 221 g/mol. The smallest absolute Gasteiger partial charge is 0.0550 e. The molecule has 1 nitrogen and oxygen atoms in total. The van der Waals surface area contributed by atoms with Gasteiger partial charge in [0.25, 0.3) is 0 Å². The van der Waals surface area contributed by atoms with Gasteiger partial charge in [-0.15, -0.1) is 0 Å². The van der Waals surface area contributed by atoms with E-state index in [1.165, 1.54) is 11.1 Å². The van der Waals surface area contributed by atoms with Crippen molar-refractivity contribution in [1.82, 2.24) is 4.90 Å². The second-order valence-corrected chi connectivity index (χ2v) is 4.32. The van der Waals surface area contributed by atoms with E-state index >= 15 is 0 Å². The van der Waals surface area contributed by atoms with Crippen LogP contribution in [0.25, 0.3) is 0 Å². The molecule has 0 heterocycles. The van der Waals surface area contributed by atoms with Crippen molar-refractivity contribution in [3.8, 4) is 0 Å². The van der Waals surface area contributed by atoms with E-state index < -0.39 is 0 Å². The Morgan fingerprint density at radius 1 is 1.19 bits per heavy atom. The molecule has 0 spiro atoms. The first-order valence-corrected chi connectivity index (χ1v) is 6.24. The Hall–Kier alpha value is -0.820. The minimum Gasteiger partial charge on any atom is -0.299 e. The molecular weight excluding hydrogens is 194 g/mol. The summed E-state index contributed by atoms with van der Waals surface area (Å²) in [6, 6.07) is 0.410. The zero-order chi connectivity index (χ0) is 12.6. The van der Waals surface area contributed by atoms with Crippen molar-refractivity contribution in [3.63, 3.8) is 0 Å². The van der Waals surface area contributed by atoms with E-state index in [1.54, 1.807) is 0 Å². The quantitative estimate of drug-likeness (QED) is 0.480. The predicted octanol–water partition coefficient (Wildman–Crippen LogP) is 4.19. The fourth-order valence-electron chi connectivity index (χ4n) is 2.00. The van der Waals surface area contributed by atoms with Crippen LogP contribution in [-0.4, -0.2) is 25.0 Å². The van der Waals surface area contributed by atoms with Crippen LogP contribution in [0.5, 0.6) is 0 Å². The Labute approximate surface area is 102 Å². The zero-order valence-corrected chi connectivity index (χ0v) is 11.7. The molecule has 1 atom stereocenters. The lowest BCUT2D eigenvalue weighted by atomic mass is 9.97. The molecule has 0 aliphatic carbocycles. The van der Waals surface area contributed by atoms with Crippen molar-refractivity contribution >= 4 is 0 Å². The molecule has 0 amide bonds. The van der Waals surface area contributed by atoms with E-state index in [0.29, 0.717) is 6.04 Å². The van der Waals surface area contributed by atoms with E-state index in [-0.39, 0.29) is 0 Å². The van der Waals surface area contributed by atoms with Gasteiger partial charge in [-0.05, 0) is 46.4 Å². The second kappa shape index (κ2) is 8.35. The summed E-state index contributed by atoms with van der Waals surface area (Å²) in [5.41, 5.74) is 2.82. The van der Waals surface area contributed by atoms with E-state index in [4.69, 9.17) is 0 Å². The Morgan fingerprint density at radius 2 is 1.81 bits per heavy atom. The van der Waals surface area contributed by atoms with Gasteiger partial charge in [-0.1, -0.05) is 43.7 Å². The van der Waals surface area contributed by atoms with E-state index in [0.717, 1.165) is 12.8 Å². The fraction of sp³-hybridized carbons (Fsp3) is 0.600. The van der Waals surface area contributed by atoms with Gasteiger partial charge in [0.2, 0.25) is 0 Å². The minimum atomic E-state index is 0.410. The molecule has 0 aliphatic rings. The molecule has 0 N–H and O–H groups in total. The topological polar surface area (TPSA) is 3.24 Å². The number of nitrogens with zero attached hydrogens (tertiary/aromatic N) is 1. The number of rotatable bonds is 6. The van der Waals surface area contributed by atoms with Gasteiger partial charge < -0.3 is 0 Å². The van der Waals surface area contributed by atoms with Crippen molar-refractivity contribution in [2.75, 3.05) is 14.1 Å². The maximum absolute atomic E-state index is 2.31. The summed E-state index contributed by atoms with van der Waals surface area (Å²) >= 11 is 0. The molecule has 1 heteroatoms. The summed E-state index contributed by atoms with van der Waals surface area (Å²) in [7, 11) is 4.28. The summed E-state index contributed by atoms with van der Waals surface area (Å²) in [6.07, 6.45) is 11.2. The van der Waals surface area contributed by atoms with Crippen LogP contribution >= 0.6 is 0 Å². The number of allylic oxidation sites excluding steroid dienone is 3. The number of hydrogen-bond donors (Lipinski definition) is 0. The molecular formula is C15H27N.